The van der Waals surface area contributed by atoms with Gasteiger partial charge in [0.2, 0.25) is 11.9 Å². The van der Waals surface area contributed by atoms with E-state index in [2.05, 4.69) is 38.8 Å². The molecule has 0 aromatic carbocycles. The summed E-state index contributed by atoms with van der Waals surface area (Å²) in [6, 6.07) is 0. The van der Waals surface area contributed by atoms with Crippen molar-refractivity contribution in [2.24, 2.45) is 10.9 Å². The lowest BCUT2D eigenvalue weighted by molar-refractivity contribution is 0.0843. The largest absolute Gasteiger partial charge is 0.374 e. The number of anilines is 1. The lowest BCUT2D eigenvalue weighted by Gasteiger charge is -2.28. The van der Waals surface area contributed by atoms with Crippen LogP contribution in [0, 0.1) is 5.92 Å². The van der Waals surface area contributed by atoms with Crippen LogP contribution in [0.25, 0.3) is 16.6 Å². The van der Waals surface area contributed by atoms with Crippen LogP contribution in [0.5, 0.6) is 0 Å². The van der Waals surface area contributed by atoms with Crippen molar-refractivity contribution < 1.29 is 4.79 Å². The Kier molecular flexibility index (Phi) is 7.72. The molecule has 0 atom stereocenters. The van der Waals surface area contributed by atoms with Crippen molar-refractivity contribution in [3.8, 4) is 0 Å². The van der Waals surface area contributed by atoms with Crippen molar-refractivity contribution in [1.29, 1.82) is 0 Å². The predicted octanol–water partition coefficient (Wildman–Crippen LogP) is 3.35. The van der Waals surface area contributed by atoms with E-state index in [1.165, 1.54) is 11.1 Å². The van der Waals surface area contributed by atoms with Crippen LogP contribution in [0.1, 0.15) is 55.9 Å². The summed E-state index contributed by atoms with van der Waals surface area (Å²) in [5.41, 5.74) is 2.15. The molecular weight excluding hydrogens is 428 g/mol. The third-order valence-corrected chi connectivity index (χ3v) is 6.83. The summed E-state index contributed by atoms with van der Waals surface area (Å²) in [6.07, 6.45) is 11.4. The number of nitrogens with zero attached hydrogens (tertiary/aromatic N) is 7. The molecule has 34 heavy (non-hydrogen) atoms. The molecule has 4 heterocycles. The van der Waals surface area contributed by atoms with E-state index in [4.69, 9.17) is 9.97 Å². The van der Waals surface area contributed by atoms with Crippen molar-refractivity contribution in [3.63, 3.8) is 0 Å². The maximum Gasteiger partial charge on any atom is 0.249 e. The third kappa shape index (κ3) is 5.35. The van der Waals surface area contributed by atoms with Gasteiger partial charge in [-0.15, -0.1) is 0 Å². The van der Waals surface area contributed by atoms with E-state index in [0.29, 0.717) is 29.8 Å². The number of carbonyl (C=O) groups excluding carboxylic acids is 1. The lowest BCUT2D eigenvalue weighted by atomic mass is 9.93. The molecular formula is C25H36N8O. The van der Waals surface area contributed by atoms with Gasteiger partial charge in [-0.25, -0.2) is 9.98 Å². The fraction of sp³-hybridized carbons (Fsp3) is 0.560. The Labute approximate surface area is 201 Å². The molecule has 0 bridgehead atoms. The molecule has 0 aliphatic carbocycles. The van der Waals surface area contributed by atoms with Gasteiger partial charge in [-0.2, -0.15) is 14.8 Å². The molecule has 2 aromatic heterocycles. The second-order valence-corrected chi connectivity index (χ2v) is 9.26. The molecule has 2 fully saturated rings. The van der Waals surface area contributed by atoms with Gasteiger partial charge in [0.1, 0.15) is 5.82 Å². The predicted molar refractivity (Wildman–Crippen MR) is 137 cm³/mol. The molecule has 182 valence electrons. The maximum atomic E-state index is 13.3. The fourth-order valence-corrected chi connectivity index (χ4v) is 4.62. The summed E-state index contributed by atoms with van der Waals surface area (Å²) in [4.78, 5) is 32.0. The van der Waals surface area contributed by atoms with Crippen LogP contribution in [0.3, 0.4) is 0 Å². The van der Waals surface area contributed by atoms with E-state index in [1.54, 1.807) is 19.5 Å². The first kappa shape index (κ1) is 24.1. The summed E-state index contributed by atoms with van der Waals surface area (Å²) in [5, 5.41) is 8.17. The number of hydrogen-bond acceptors (Lipinski definition) is 8. The second kappa shape index (κ2) is 10.9. The second-order valence-electron chi connectivity index (χ2n) is 9.26. The number of carbonyl (C=O) groups is 1. The zero-order valence-corrected chi connectivity index (χ0v) is 20.6. The fourth-order valence-electron chi connectivity index (χ4n) is 4.62. The number of hydrogen-bond donors (Lipinski definition) is 1. The number of allylic oxidation sites excluding steroid dienone is 2. The molecule has 9 heteroatoms. The first-order valence-electron chi connectivity index (χ1n) is 12.3. The Morgan fingerprint density at radius 1 is 1.21 bits per heavy atom. The molecule has 2 aliphatic rings. The van der Waals surface area contributed by atoms with Crippen molar-refractivity contribution in [1.82, 2.24) is 30.0 Å². The van der Waals surface area contributed by atoms with Crippen LogP contribution in [-0.4, -0.2) is 77.0 Å². The van der Waals surface area contributed by atoms with Gasteiger partial charge in [-0.1, -0.05) is 12.7 Å². The van der Waals surface area contributed by atoms with Crippen molar-refractivity contribution >= 4 is 34.7 Å². The molecule has 0 saturated carbocycles. The number of piperidine rings is 2. The monoisotopic (exact) mass is 464 g/mol. The Morgan fingerprint density at radius 3 is 2.62 bits per heavy atom. The summed E-state index contributed by atoms with van der Waals surface area (Å²) < 4.78 is 1.49. The molecule has 2 aromatic rings. The maximum absolute atomic E-state index is 13.3. The van der Waals surface area contributed by atoms with E-state index in [1.807, 2.05) is 13.0 Å². The summed E-state index contributed by atoms with van der Waals surface area (Å²) in [6.45, 7) is 9.72. The minimum Gasteiger partial charge on any atom is -0.374 e. The summed E-state index contributed by atoms with van der Waals surface area (Å²) >= 11 is 0. The first-order chi connectivity index (χ1) is 16.5. The number of nitrogens with one attached hydrogen (secondary N) is 1. The highest BCUT2D eigenvalue weighted by Crippen LogP contribution is 2.27. The molecule has 0 unspecified atom stereocenters. The number of rotatable bonds is 7. The smallest absolute Gasteiger partial charge is 0.249 e. The van der Waals surface area contributed by atoms with Gasteiger partial charge in [-0.3, -0.25) is 4.79 Å². The zero-order valence-electron chi connectivity index (χ0n) is 20.6. The first-order valence-corrected chi connectivity index (χ1v) is 12.3. The van der Waals surface area contributed by atoms with E-state index >= 15 is 0 Å². The van der Waals surface area contributed by atoms with Gasteiger partial charge in [0.25, 0.3) is 0 Å². The average Bonchev–Trinajstić information content (AvgIpc) is 3.30. The highest BCUT2D eigenvalue weighted by atomic mass is 16.2. The lowest BCUT2D eigenvalue weighted by Crippen LogP contribution is -2.32. The molecule has 2 saturated heterocycles. The molecule has 9 nitrogen and oxygen atoms in total. The van der Waals surface area contributed by atoms with Crippen molar-refractivity contribution in [3.05, 3.63) is 30.4 Å². The standard InChI is InChI=1S/C25H36N8O/c1-5-20(16-27-18(2)26-3)23-21-17-28-33(22(34)15-19-9-13-31(4)14-10-19)24(21)30-25(29-23)32-11-7-6-8-12-32/h5,16-17,19,26H,2,6-15H2,1,3-4H3/b20-5+,27-16?. The van der Waals surface area contributed by atoms with Gasteiger partial charge >= 0.3 is 0 Å². The van der Waals surface area contributed by atoms with Gasteiger partial charge in [-0.05, 0) is 65.1 Å². The number of aromatic nitrogens is 4. The molecule has 4 rings (SSSR count). The SMILES string of the molecule is C=C(N=C/C(=C\C)c1nc(N2CCCCC2)nc2c1cnn2C(=O)CC1CCN(C)CC1)NC. The Morgan fingerprint density at radius 2 is 1.94 bits per heavy atom. The van der Waals surface area contributed by atoms with Crippen LogP contribution in [-0.2, 0) is 0 Å². The quantitative estimate of drug-likeness (QED) is 0.628. The van der Waals surface area contributed by atoms with Crippen molar-refractivity contribution in [2.75, 3.05) is 45.2 Å². The van der Waals surface area contributed by atoms with Crippen LogP contribution in [0.4, 0.5) is 5.95 Å². The zero-order chi connectivity index (χ0) is 24.1. The van der Waals surface area contributed by atoms with Crippen molar-refractivity contribution in [2.45, 2.75) is 45.4 Å². The van der Waals surface area contributed by atoms with E-state index in [0.717, 1.165) is 68.5 Å². The van der Waals surface area contributed by atoms with Gasteiger partial charge in [0.05, 0.1) is 17.3 Å². The highest BCUT2D eigenvalue weighted by Gasteiger charge is 2.25. The molecule has 0 amide bonds. The van der Waals surface area contributed by atoms with E-state index in [9.17, 15) is 4.79 Å². The Bertz CT molecular complexity index is 1090. The third-order valence-electron chi connectivity index (χ3n) is 6.83. The average molecular weight is 465 g/mol. The van der Waals surface area contributed by atoms with Crippen LogP contribution >= 0.6 is 0 Å². The number of fused-ring (bicyclic) bond motifs is 1. The topological polar surface area (TPSA) is 91.5 Å². The molecule has 1 N–H and O–H groups in total. The summed E-state index contributed by atoms with van der Waals surface area (Å²) in [5.74, 6) is 1.59. The normalized spacial score (nSPS) is 18.7. The van der Waals surface area contributed by atoms with Crippen LogP contribution < -0.4 is 10.2 Å². The van der Waals surface area contributed by atoms with E-state index in [-0.39, 0.29) is 5.91 Å². The minimum absolute atomic E-state index is 0.00180. The van der Waals surface area contributed by atoms with Gasteiger partial charge in [0, 0.05) is 38.3 Å². The van der Waals surface area contributed by atoms with E-state index < -0.39 is 0 Å². The molecule has 2 aliphatic heterocycles. The van der Waals surface area contributed by atoms with Crippen LogP contribution in [0.15, 0.2) is 29.7 Å². The van der Waals surface area contributed by atoms with Gasteiger partial charge < -0.3 is 15.1 Å². The minimum atomic E-state index is -0.00180. The molecule has 0 radical (unpaired) electrons. The number of likely N-dealkylation sites (tertiary alicyclic amines) is 1. The molecule has 0 spiro atoms. The van der Waals surface area contributed by atoms with Gasteiger partial charge in [0.15, 0.2) is 5.65 Å². The Hall–Kier alpha value is -3.07. The van der Waals surface area contributed by atoms with Crippen LogP contribution in [0.2, 0.25) is 0 Å². The Balaban J connectivity index is 1.72. The highest BCUT2D eigenvalue weighted by molar-refractivity contribution is 6.14. The number of aliphatic imine (C=N–C) groups is 1. The summed E-state index contributed by atoms with van der Waals surface area (Å²) in [7, 11) is 3.92.